The highest BCUT2D eigenvalue weighted by Gasteiger charge is 2.09. The molecule has 0 radical (unpaired) electrons. The molecule has 94 valence electrons. The van der Waals surface area contributed by atoms with Gasteiger partial charge in [0.05, 0.1) is 0 Å². The molecule has 0 saturated carbocycles. The second-order valence-electron chi connectivity index (χ2n) is 4.04. The second kappa shape index (κ2) is 6.42. The van der Waals surface area contributed by atoms with Gasteiger partial charge in [0.2, 0.25) is 5.28 Å². The summed E-state index contributed by atoms with van der Waals surface area (Å²) in [5, 5.41) is 3.60. The molecule has 6 heteroatoms. The lowest BCUT2D eigenvalue weighted by Gasteiger charge is -2.26. The van der Waals surface area contributed by atoms with E-state index < -0.39 is 0 Å². The smallest absolute Gasteiger partial charge is 0.224 e. The molecule has 17 heavy (non-hydrogen) atoms. The van der Waals surface area contributed by atoms with Crippen molar-refractivity contribution in [2.45, 2.75) is 6.92 Å². The lowest BCUT2D eigenvalue weighted by atomic mass is 10.4. The number of thioether (sulfide) groups is 1. The molecule has 1 aromatic heterocycles. The van der Waals surface area contributed by atoms with Gasteiger partial charge in [0.15, 0.2) is 0 Å². The van der Waals surface area contributed by atoms with E-state index in [0.29, 0.717) is 5.28 Å². The minimum absolute atomic E-state index is 0.307. The van der Waals surface area contributed by atoms with Gasteiger partial charge in [-0.2, -0.15) is 11.8 Å². The number of anilines is 1. The molecule has 2 heterocycles. The summed E-state index contributed by atoms with van der Waals surface area (Å²) < 4.78 is 0. The first-order valence-corrected chi connectivity index (χ1v) is 7.32. The zero-order valence-electron chi connectivity index (χ0n) is 9.95. The van der Waals surface area contributed by atoms with E-state index in [1.165, 1.54) is 24.6 Å². The SMILES string of the molecule is Cc1cc(NCCN2CCSCC2)nc(Cl)n1. The van der Waals surface area contributed by atoms with Gasteiger partial charge in [0, 0.05) is 49.4 Å². The Morgan fingerprint density at radius 2 is 2.18 bits per heavy atom. The number of aryl methyl sites for hydroxylation is 1. The zero-order chi connectivity index (χ0) is 12.1. The van der Waals surface area contributed by atoms with Gasteiger partial charge >= 0.3 is 0 Å². The van der Waals surface area contributed by atoms with Crippen molar-refractivity contribution < 1.29 is 0 Å². The average Bonchev–Trinajstić information content (AvgIpc) is 2.29. The standard InChI is InChI=1S/C11H17ClN4S/c1-9-8-10(15-11(12)14-9)13-2-3-16-4-6-17-7-5-16/h8H,2-7H2,1H3,(H,13,14,15). The Kier molecular flexibility index (Phi) is 4.88. The first-order valence-electron chi connectivity index (χ1n) is 5.79. The fourth-order valence-electron chi connectivity index (χ4n) is 1.79. The Hall–Kier alpha value is -0.520. The van der Waals surface area contributed by atoms with Crippen LogP contribution in [0.2, 0.25) is 5.28 Å². The van der Waals surface area contributed by atoms with Crippen LogP contribution in [-0.4, -0.2) is 52.6 Å². The third kappa shape index (κ3) is 4.33. The third-order valence-corrected chi connectivity index (χ3v) is 3.78. The predicted octanol–water partition coefficient (Wildman–Crippen LogP) is 1.90. The molecular weight excluding hydrogens is 256 g/mol. The van der Waals surface area contributed by atoms with Gasteiger partial charge in [-0.3, -0.25) is 4.90 Å². The average molecular weight is 273 g/mol. The molecule has 0 amide bonds. The van der Waals surface area contributed by atoms with Gasteiger partial charge in [-0.05, 0) is 18.5 Å². The predicted molar refractivity (Wildman–Crippen MR) is 74.0 cm³/mol. The van der Waals surface area contributed by atoms with Crippen molar-refractivity contribution in [3.8, 4) is 0 Å². The Morgan fingerprint density at radius 1 is 1.41 bits per heavy atom. The number of nitrogens with zero attached hydrogens (tertiary/aromatic N) is 3. The minimum Gasteiger partial charge on any atom is -0.369 e. The van der Waals surface area contributed by atoms with Gasteiger partial charge in [0.25, 0.3) is 0 Å². The fourth-order valence-corrected chi connectivity index (χ4v) is 2.99. The summed E-state index contributed by atoms with van der Waals surface area (Å²) in [5.74, 6) is 3.31. The summed E-state index contributed by atoms with van der Waals surface area (Å²) in [4.78, 5) is 10.6. The molecule has 0 aliphatic carbocycles. The first kappa shape index (κ1) is 12.9. The molecule has 1 saturated heterocycles. The van der Waals surface area contributed by atoms with Gasteiger partial charge in [-0.15, -0.1) is 0 Å². The Morgan fingerprint density at radius 3 is 2.88 bits per heavy atom. The summed E-state index contributed by atoms with van der Waals surface area (Å²) in [6.45, 7) is 6.26. The van der Waals surface area contributed by atoms with Crippen LogP contribution in [0.25, 0.3) is 0 Å². The molecular formula is C11H17ClN4S. The maximum absolute atomic E-state index is 5.80. The number of hydrogen-bond acceptors (Lipinski definition) is 5. The van der Waals surface area contributed by atoms with Gasteiger partial charge < -0.3 is 5.32 Å². The van der Waals surface area contributed by atoms with E-state index in [-0.39, 0.29) is 0 Å². The molecule has 1 aliphatic heterocycles. The summed E-state index contributed by atoms with van der Waals surface area (Å²) in [6.07, 6.45) is 0. The number of rotatable bonds is 4. The van der Waals surface area contributed by atoms with Gasteiger partial charge in [-0.1, -0.05) is 0 Å². The van der Waals surface area contributed by atoms with Crippen LogP contribution in [0, 0.1) is 6.92 Å². The van der Waals surface area contributed by atoms with Crippen LogP contribution in [0.4, 0.5) is 5.82 Å². The highest BCUT2D eigenvalue weighted by Crippen LogP contribution is 2.10. The van der Waals surface area contributed by atoms with Crippen LogP contribution in [0.1, 0.15) is 5.69 Å². The molecule has 1 aliphatic rings. The van der Waals surface area contributed by atoms with E-state index in [9.17, 15) is 0 Å². The normalized spacial score (nSPS) is 17.1. The summed E-state index contributed by atoms with van der Waals surface area (Å²) in [6, 6.07) is 1.91. The number of nitrogens with one attached hydrogen (secondary N) is 1. The van der Waals surface area contributed by atoms with Gasteiger partial charge in [-0.25, -0.2) is 9.97 Å². The van der Waals surface area contributed by atoms with Crippen molar-refractivity contribution in [3.63, 3.8) is 0 Å². The van der Waals surface area contributed by atoms with Crippen LogP contribution in [0.5, 0.6) is 0 Å². The topological polar surface area (TPSA) is 41.0 Å². The van der Waals surface area contributed by atoms with E-state index in [4.69, 9.17) is 11.6 Å². The van der Waals surface area contributed by atoms with E-state index in [1.54, 1.807) is 0 Å². The molecule has 0 bridgehead atoms. The largest absolute Gasteiger partial charge is 0.369 e. The number of halogens is 1. The number of hydrogen-bond donors (Lipinski definition) is 1. The van der Waals surface area contributed by atoms with Crippen molar-refractivity contribution in [2.24, 2.45) is 0 Å². The zero-order valence-corrected chi connectivity index (χ0v) is 11.5. The van der Waals surface area contributed by atoms with Crippen LogP contribution >= 0.6 is 23.4 Å². The first-order chi connectivity index (χ1) is 8.24. The van der Waals surface area contributed by atoms with Crippen molar-refractivity contribution >= 4 is 29.2 Å². The molecule has 1 aromatic rings. The van der Waals surface area contributed by atoms with Crippen molar-refractivity contribution in [2.75, 3.05) is 43.0 Å². The van der Waals surface area contributed by atoms with Gasteiger partial charge in [0.1, 0.15) is 5.82 Å². The molecule has 0 atom stereocenters. The minimum atomic E-state index is 0.307. The Labute approximate surface area is 111 Å². The maximum Gasteiger partial charge on any atom is 0.224 e. The van der Waals surface area contributed by atoms with Crippen molar-refractivity contribution in [1.29, 1.82) is 0 Å². The fraction of sp³-hybridized carbons (Fsp3) is 0.636. The van der Waals surface area contributed by atoms with Crippen LogP contribution < -0.4 is 5.32 Å². The van der Waals surface area contributed by atoms with Crippen molar-refractivity contribution in [3.05, 3.63) is 17.0 Å². The highest BCUT2D eigenvalue weighted by atomic mass is 35.5. The van der Waals surface area contributed by atoms with Crippen LogP contribution in [0.3, 0.4) is 0 Å². The van der Waals surface area contributed by atoms with E-state index >= 15 is 0 Å². The Bertz CT molecular complexity index is 348. The Balaban J connectivity index is 1.77. The second-order valence-corrected chi connectivity index (χ2v) is 5.61. The van der Waals surface area contributed by atoms with E-state index in [1.807, 2.05) is 24.8 Å². The lowest BCUT2D eigenvalue weighted by Crippen LogP contribution is -2.36. The van der Waals surface area contributed by atoms with Crippen LogP contribution in [-0.2, 0) is 0 Å². The number of aromatic nitrogens is 2. The van der Waals surface area contributed by atoms with E-state index in [2.05, 4.69) is 20.2 Å². The van der Waals surface area contributed by atoms with Crippen LogP contribution in [0.15, 0.2) is 6.07 Å². The van der Waals surface area contributed by atoms with E-state index in [0.717, 1.165) is 24.6 Å². The third-order valence-electron chi connectivity index (χ3n) is 2.66. The molecule has 4 nitrogen and oxygen atoms in total. The monoisotopic (exact) mass is 272 g/mol. The molecule has 1 fully saturated rings. The molecule has 0 aromatic carbocycles. The highest BCUT2D eigenvalue weighted by molar-refractivity contribution is 7.99. The molecule has 0 unspecified atom stereocenters. The summed E-state index contributed by atoms with van der Waals surface area (Å²) in [7, 11) is 0. The van der Waals surface area contributed by atoms with Crippen molar-refractivity contribution in [1.82, 2.24) is 14.9 Å². The summed E-state index contributed by atoms with van der Waals surface area (Å²) >= 11 is 7.83. The summed E-state index contributed by atoms with van der Waals surface area (Å²) in [5.41, 5.74) is 0.891. The quantitative estimate of drug-likeness (QED) is 0.848. The molecule has 0 spiro atoms. The lowest BCUT2D eigenvalue weighted by molar-refractivity contribution is 0.314. The maximum atomic E-state index is 5.80. The molecule has 1 N–H and O–H groups in total. The molecule has 2 rings (SSSR count).